The van der Waals surface area contributed by atoms with E-state index in [4.69, 9.17) is 25.5 Å². The zero-order valence-corrected chi connectivity index (χ0v) is 20.5. The molecule has 0 fully saturated rings. The van der Waals surface area contributed by atoms with Crippen molar-refractivity contribution in [2.75, 3.05) is 7.11 Å². The summed E-state index contributed by atoms with van der Waals surface area (Å²) in [4.78, 5) is 24.1. The second-order valence-electron chi connectivity index (χ2n) is 9.22. The molecule has 6 nitrogen and oxygen atoms in total. The van der Waals surface area contributed by atoms with Crippen LogP contribution in [-0.2, 0) is 14.3 Å². The number of methoxy groups -OCH3 is 1. The fraction of sp³-hybridized carbons (Fsp3) is 0.524. The number of benzene rings is 1. The largest absolute Gasteiger partial charge is 0.543 e. The van der Waals surface area contributed by atoms with Crippen LogP contribution in [0.1, 0.15) is 47.1 Å². The van der Waals surface area contributed by atoms with E-state index in [1.807, 2.05) is 0 Å². The van der Waals surface area contributed by atoms with E-state index in [0.29, 0.717) is 16.3 Å². The molecular formula is C21H32ClNO5Si. The van der Waals surface area contributed by atoms with Crippen LogP contribution in [0.15, 0.2) is 23.9 Å². The zero-order valence-electron chi connectivity index (χ0n) is 18.7. The molecule has 29 heavy (non-hydrogen) atoms. The van der Waals surface area contributed by atoms with Crippen molar-refractivity contribution in [1.29, 1.82) is 0 Å². The standard InChI is InChI=1S/C21H32ClNO5Si/c1-20(2,3)27-19(25)23-17(18(24)26-7)12-14-10-11-15(13-16(14)22)28-29(8,9)21(4,5)6/h10-13H,1-9H3,(H,23,25)/b17-12-. The summed E-state index contributed by atoms with van der Waals surface area (Å²) >= 11 is 6.40. The second-order valence-corrected chi connectivity index (χ2v) is 14.4. The van der Waals surface area contributed by atoms with Gasteiger partial charge >= 0.3 is 12.1 Å². The molecule has 0 heterocycles. The molecule has 0 saturated carbocycles. The number of amides is 1. The van der Waals surface area contributed by atoms with E-state index >= 15 is 0 Å². The van der Waals surface area contributed by atoms with E-state index in [0.717, 1.165) is 0 Å². The van der Waals surface area contributed by atoms with Crippen LogP contribution in [0, 0.1) is 0 Å². The topological polar surface area (TPSA) is 73.9 Å². The minimum atomic E-state index is -2.01. The molecule has 0 aliphatic heterocycles. The monoisotopic (exact) mass is 441 g/mol. The molecule has 1 N–H and O–H groups in total. The maximum absolute atomic E-state index is 12.1. The Labute approximate surface area is 179 Å². The fourth-order valence-corrected chi connectivity index (χ4v) is 3.21. The molecule has 0 saturated heterocycles. The molecule has 1 aromatic rings. The third-order valence-electron chi connectivity index (χ3n) is 4.49. The van der Waals surface area contributed by atoms with Gasteiger partial charge in [-0.15, -0.1) is 0 Å². The number of hydrogen-bond donors (Lipinski definition) is 1. The number of esters is 1. The van der Waals surface area contributed by atoms with Crippen molar-refractivity contribution in [3.05, 3.63) is 34.5 Å². The van der Waals surface area contributed by atoms with E-state index in [9.17, 15) is 9.59 Å². The van der Waals surface area contributed by atoms with Gasteiger partial charge in [0.1, 0.15) is 17.0 Å². The summed E-state index contributed by atoms with van der Waals surface area (Å²) in [7, 11) is -0.781. The normalized spacial score (nSPS) is 13.0. The lowest BCUT2D eigenvalue weighted by atomic mass is 10.2. The Kier molecular flexibility index (Phi) is 7.96. The number of carbonyl (C=O) groups is 2. The maximum Gasteiger partial charge on any atom is 0.412 e. The van der Waals surface area contributed by atoms with Crippen LogP contribution in [0.25, 0.3) is 6.08 Å². The van der Waals surface area contributed by atoms with E-state index < -0.39 is 26.0 Å². The number of hydrogen-bond acceptors (Lipinski definition) is 5. The molecule has 1 amide bonds. The first-order valence-corrected chi connectivity index (χ1v) is 12.6. The highest BCUT2D eigenvalue weighted by molar-refractivity contribution is 6.74. The smallest absolute Gasteiger partial charge is 0.412 e. The van der Waals surface area contributed by atoms with Gasteiger partial charge in [0.2, 0.25) is 8.32 Å². The first-order chi connectivity index (χ1) is 13.1. The summed E-state index contributed by atoms with van der Waals surface area (Å²) in [5.74, 6) is -0.0491. The third kappa shape index (κ3) is 7.74. The van der Waals surface area contributed by atoms with Crippen molar-refractivity contribution in [1.82, 2.24) is 5.32 Å². The van der Waals surface area contributed by atoms with Crippen molar-refractivity contribution < 1.29 is 23.5 Å². The molecule has 0 aliphatic carbocycles. The Balaban J connectivity index is 3.14. The summed E-state index contributed by atoms with van der Waals surface area (Å²) < 4.78 is 16.2. The summed E-state index contributed by atoms with van der Waals surface area (Å²) in [6.07, 6.45) is 0.678. The van der Waals surface area contributed by atoms with Crippen molar-refractivity contribution in [2.45, 2.75) is 65.3 Å². The lowest BCUT2D eigenvalue weighted by Crippen LogP contribution is -2.43. The van der Waals surface area contributed by atoms with Gasteiger partial charge in [0.25, 0.3) is 0 Å². The number of carbonyl (C=O) groups excluding carboxylic acids is 2. The van der Waals surface area contributed by atoms with Crippen LogP contribution in [0.4, 0.5) is 4.79 Å². The van der Waals surface area contributed by atoms with E-state index in [1.54, 1.807) is 39.0 Å². The molecule has 0 aliphatic rings. The Hall–Kier alpha value is -1.99. The number of halogens is 1. The molecule has 0 bridgehead atoms. The maximum atomic E-state index is 12.1. The molecule has 0 radical (unpaired) electrons. The SMILES string of the molecule is COC(=O)/C(=C/c1ccc(O[Si](C)(C)C(C)(C)C)cc1Cl)NC(=O)OC(C)(C)C. The summed E-state index contributed by atoms with van der Waals surface area (Å²) in [6.45, 7) is 15.9. The molecule has 0 unspecified atom stereocenters. The first-order valence-electron chi connectivity index (χ1n) is 9.34. The Morgan fingerprint density at radius 1 is 1.10 bits per heavy atom. The molecule has 8 heteroatoms. The molecule has 162 valence electrons. The Bertz CT molecular complexity index is 791. The predicted molar refractivity (Wildman–Crippen MR) is 119 cm³/mol. The molecule has 1 rings (SSSR count). The van der Waals surface area contributed by atoms with Crippen LogP contribution >= 0.6 is 11.6 Å². The summed E-state index contributed by atoms with van der Waals surface area (Å²) in [5, 5.41) is 2.85. The molecule has 0 atom stereocenters. The van der Waals surface area contributed by atoms with Gasteiger partial charge in [0.15, 0.2) is 0 Å². The van der Waals surface area contributed by atoms with Crippen molar-refractivity contribution in [3.8, 4) is 5.75 Å². The third-order valence-corrected chi connectivity index (χ3v) is 9.18. The van der Waals surface area contributed by atoms with E-state index in [2.05, 4.69) is 39.2 Å². The average Bonchev–Trinajstić information content (AvgIpc) is 2.52. The number of nitrogens with one attached hydrogen (secondary N) is 1. The van der Waals surface area contributed by atoms with Gasteiger partial charge in [-0.25, -0.2) is 9.59 Å². The van der Waals surface area contributed by atoms with E-state index in [1.165, 1.54) is 13.2 Å². The van der Waals surface area contributed by atoms with Gasteiger partial charge in [-0.05, 0) is 68.7 Å². The van der Waals surface area contributed by atoms with Crippen LogP contribution in [0.2, 0.25) is 23.2 Å². The highest BCUT2D eigenvalue weighted by Crippen LogP contribution is 2.38. The Morgan fingerprint density at radius 3 is 2.14 bits per heavy atom. The highest BCUT2D eigenvalue weighted by Gasteiger charge is 2.39. The summed E-state index contributed by atoms with van der Waals surface area (Å²) in [5.41, 5.74) is -0.251. The van der Waals surface area contributed by atoms with Crippen LogP contribution in [-0.4, -0.2) is 33.1 Å². The minimum absolute atomic E-state index is 0.0490. The lowest BCUT2D eigenvalue weighted by Gasteiger charge is -2.36. The van der Waals surface area contributed by atoms with Gasteiger partial charge in [-0.1, -0.05) is 32.4 Å². The van der Waals surface area contributed by atoms with E-state index in [-0.39, 0.29) is 10.7 Å². The first kappa shape index (κ1) is 25.0. The summed E-state index contributed by atoms with van der Waals surface area (Å²) in [6, 6.07) is 5.22. The molecule has 1 aromatic carbocycles. The van der Waals surface area contributed by atoms with Crippen LogP contribution < -0.4 is 9.74 Å². The average molecular weight is 442 g/mol. The fourth-order valence-electron chi connectivity index (χ4n) is 1.96. The molecular weight excluding hydrogens is 410 g/mol. The van der Waals surface area contributed by atoms with Crippen LogP contribution in [0.3, 0.4) is 0 Å². The predicted octanol–water partition coefficient (Wildman–Crippen LogP) is 5.76. The van der Waals surface area contributed by atoms with Gasteiger partial charge in [0, 0.05) is 0 Å². The lowest BCUT2D eigenvalue weighted by molar-refractivity contribution is -0.136. The van der Waals surface area contributed by atoms with Gasteiger partial charge in [-0.3, -0.25) is 5.32 Å². The van der Waals surface area contributed by atoms with Gasteiger partial charge < -0.3 is 13.9 Å². The molecule has 0 aromatic heterocycles. The highest BCUT2D eigenvalue weighted by atomic mass is 35.5. The van der Waals surface area contributed by atoms with Gasteiger partial charge in [0.05, 0.1) is 12.1 Å². The zero-order chi connectivity index (χ0) is 22.6. The minimum Gasteiger partial charge on any atom is -0.543 e. The number of rotatable bonds is 5. The van der Waals surface area contributed by atoms with Crippen molar-refractivity contribution >= 4 is 38.1 Å². The van der Waals surface area contributed by atoms with Crippen molar-refractivity contribution in [2.24, 2.45) is 0 Å². The number of alkyl carbamates (subject to hydrolysis) is 1. The number of ether oxygens (including phenoxy) is 2. The van der Waals surface area contributed by atoms with Crippen LogP contribution in [0.5, 0.6) is 5.75 Å². The molecule has 0 spiro atoms. The second kappa shape index (κ2) is 9.22. The Morgan fingerprint density at radius 2 is 1.69 bits per heavy atom. The van der Waals surface area contributed by atoms with Gasteiger partial charge in [-0.2, -0.15) is 0 Å². The quantitative estimate of drug-likeness (QED) is 0.357. The van der Waals surface area contributed by atoms with Crippen molar-refractivity contribution in [3.63, 3.8) is 0 Å².